The van der Waals surface area contributed by atoms with Gasteiger partial charge in [-0.15, -0.1) is 0 Å². The van der Waals surface area contributed by atoms with Crippen LogP contribution in [-0.4, -0.2) is 29.2 Å². The molecule has 1 atom stereocenters. The molecule has 0 spiro atoms. The zero-order chi connectivity index (χ0) is 15.3. The van der Waals surface area contributed by atoms with E-state index in [-0.39, 0.29) is 23.6 Å². The summed E-state index contributed by atoms with van der Waals surface area (Å²) in [7, 11) is 0. The molecule has 110 valence electrons. The van der Waals surface area contributed by atoms with Crippen LogP contribution >= 0.6 is 15.9 Å². The number of carbonyl (C=O) groups is 1. The monoisotopic (exact) mass is 347 g/mol. The van der Waals surface area contributed by atoms with E-state index in [1.165, 1.54) is 19.1 Å². The summed E-state index contributed by atoms with van der Waals surface area (Å²) in [6, 6.07) is 2.74. The average molecular weight is 348 g/mol. The SMILES string of the molecule is CCOC(=O)COc1c([C@H](C)O)cc(Br)cc1[N+](=O)[O-]. The van der Waals surface area contributed by atoms with Crippen LogP contribution < -0.4 is 4.74 Å². The number of carbonyl (C=O) groups excluding carboxylic acids is 1. The van der Waals surface area contributed by atoms with Crippen LogP contribution in [0.1, 0.15) is 25.5 Å². The quantitative estimate of drug-likeness (QED) is 0.481. The fourth-order valence-corrected chi connectivity index (χ4v) is 2.00. The molecule has 0 aliphatic heterocycles. The van der Waals surface area contributed by atoms with Crippen molar-refractivity contribution in [2.45, 2.75) is 20.0 Å². The van der Waals surface area contributed by atoms with Gasteiger partial charge in [0.2, 0.25) is 5.75 Å². The van der Waals surface area contributed by atoms with E-state index in [9.17, 15) is 20.0 Å². The van der Waals surface area contributed by atoms with Crippen molar-refractivity contribution in [1.82, 2.24) is 0 Å². The highest BCUT2D eigenvalue weighted by molar-refractivity contribution is 9.10. The minimum Gasteiger partial charge on any atom is -0.475 e. The molecule has 0 aliphatic rings. The first kappa shape index (κ1) is 16.4. The summed E-state index contributed by atoms with van der Waals surface area (Å²) in [5.41, 5.74) is -0.116. The number of hydrogen-bond donors (Lipinski definition) is 1. The third-order valence-electron chi connectivity index (χ3n) is 2.35. The summed E-state index contributed by atoms with van der Waals surface area (Å²) in [5.74, 6) is -0.775. The van der Waals surface area contributed by atoms with Gasteiger partial charge in [0.05, 0.1) is 17.6 Å². The van der Waals surface area contributed by atoms with Crippen molar-refractivity contribution in [3.63, 3.8) is 0 Å². The van der Waals surface area contributed by atoms with Crippen LogP contribution in [0.4, 0.5) is 5.69 Å². The molecule has 1 aromatic carbocycles. The maximum Gasteiger partial charge on any atom is 0.344 e. The molecule has 0 fully saturated rings. The van der Waals surface area contributed by atoms with Crippen molar-refractivity contribution < 1.29 is 24.3 Å². The third-order valence-corrected chi connectivity index (χ3v) is 2.81. The number of nitro groups is 1. The van der Waals surface area contributed by atoms with Crippen LogP contribution in [0.25, 0.3) is 0 Å². The van der Waals surface area contributed by atoms with Crippen molar-refractivity contribution in [3.05, 3.63) is 32.3 Å². The predicted octanol–water partition coefficient (Wildman–Crippen LogP) is 2.35. The van der Waals surface area contributed by atoms with Gasteiger partial charge in [0, 0.05) is 16.1 Å². The van der Waals surface area contributed by atoms with Gasteiger partial charge in [-0.25, -0.2) is 4.79 Å². The van der Waals surface area contributed by atoms with Gasteiger partial charge < -0.3 is 14.6 Å². The standard InChI is InChI=1S/C12H14BrNO6/c1-3-19-11(16)6-20-12-9(7(2)15)4-8(13)5-10(12)14(17)18/h4-5,7,15H,3,6H2,1-2H3/t7-/m0/s1. The largest absolute Gasteiger partial charge is 0.475 e. The van der Waals surface area contributed by atoms with Gasteiger partial charge >= 0.3 is 11.7 Å². The number of nitrogens with zero attached hydrogens (tertiary/aromatic N) is 1. The smallest absolute Gasteiger partial charge is 0.344 e. The lowest BCUT2D eigenvalue weighted by Crippen LogP contribution is -2.16. The van der Waals surface area contributed by atoms with E-state index >= 15 is 0 Å². The normalized spacial score (nSPS) is 11.8. The Balaban J connectivity index is 3.13. The van der Waals surface area contributed by atoms with Crippen LogP contribution in [0.2, 0.25) is 0 Å². The van der Waals surface area contributed by atoms with Gasteiger partial charge in [-0.05, 0) is 19.9 Å². The zero-order valence-electron chi connectivity index (χ0n) is 11.0. The van der Waals surface area contributed by atoms with Crippen LogP contribution in [-0.2, 0) is 9.53 Å². The van der Waals surface area contributed by atoms with E-state index in [0.717, 1.165) is 0 Å². The first-order valence-electron chi connectivity index (χ1n) is 5.81. The lowest BCUT2D eigenvalue weighted by molar-refractivity contribution is -0.386. The number of benzene rings is 1. The van der Waals surface area contributed by atoms with Gasteiger partial charge in [-0.2, -0.15) is 0 Å². The molecule has 1 rings (SSSR count). The van der Waals surface area contributed by atoms with Gasteiger partial charge in [0.15, 0.2) is 6.61 Å². The molecule has 8 heteroatoms. The molecule has 0 radical (unpaired) electrons. The molecular formula is C12H14BrNO6. The van der Waals surface area contributed by atoms with Crippen molar-refractivity contribution in [2.75, 3.05) is 13.2 Å². The summed E-state index contributed by atoms with van der Waals surface area (Å²) < 4.78 is 10.3. The summed E-state index contributed by atoms with van der Waals surface area (Å²) in [6.45, 7) is 2.81. The first-order valence-corrected chi connectivity index (χ1v) is 6.60. The molecule has 0 saturated heterocycles. The number of aliphatic hydroxyl groups is 1. The fraction of sp³-hybridized carbons (Fsp3) is 0.417. The van der Waals surface area contributed by atoms with Gasteiger partial charge in [-0.1, -0.05) is 15.9 Å². The number of nitro benzene ring substituents is 1. The topological polar surface area (TPSA) is 98.9 Å². The second-order valence-corrected chi connectivity index (χ2v) is 4.79. The van der Waals surface area contributed by atoms with E-state index < -0.39 is 23.6 Å². The molecule has 0 bridgehead atoms. The molecule has 20 heavy (non-hydrogen) atoms. The highest BCUT2D eigenvalue weighted by atomic mass is 79.9. The van der Waals surface area contributed by atoms with E-state index in [1.54, 1.807) is 6.92 Å². The molecule has 0 amide bonds. The Hall–Kier alpha value is -1.67. The minimum absolute atomic E-state index is 0.138. The van der Waals surface area contributed by atoms with Crippen molar-refractivity contribution >= 4 is 27.6 Å². The Labute approximate surface area is 123 Å². The molecule has 7 nitrogen and oxygen atoms in total. The molecule has 0 saturated carbocycles. The lowest BCUT2D eigenvalue weighted by atomic mass is 10.1. The molecule has 1 N–H and O–H groups in total. The minimum atomic E-state index is -0.983. The van der Waals surface area contributed by atoms with Crippen molar-refractivity contribution in [3.8, 4) is 5.75 Å². The zero-order valence-corrected chi connectivity index (χ0v) is 12.5. The van der Waals surface area contributed by atoms with Gasteiger partial charge in [-0.3, -0.25) is 10.1 Å². The number of rotatable bonds is 6. The Kier molecular flexibility index (Phi) is 5.90. The van der Waals surface area contributed by atoms with Crippen LogP contribution in [0, 0.1) is 10.1 Å². The first-order chi connectivity index (χ1) is 9.36. The Morgan fingerprint density at radius 1 is 1.55 bits per heavy atom. The van der Waals surface area contributed by atoms with Crippen LogP contribution in [0.15, 0.2) is 16.6 Å². The summed E-state index contributed by atoms with van der Waals surface area (Å²) in [5, 5.41) is 20.7. The fourth-order valence-electron chi connectivity index (χ4n) is 1.54. The molecule has 0 aromatic heterocycles. The molecule has 0 unspecified atom stereocenters. The number of aliphatic hydroxyl groups excluding tert-OH is 1. The maximum absolute atomic E-state index is 11.3. The molecule has 0 heterocycles. The summed E-state index contributed by atoms with van der Waals surface area (Å²) in [4.78, 5) is 21.6. The van der Waals surface area contributed by atoms with Crippen LogP contribution in [0.5, 0.6) is 5.75 Å². The average Bonchev–Trinajstić information content (AvgIpc) is 2.36. The van der Waals surface area contributed by atoms with E-state index in [1.807, 2.05) is 0 Å². The summed E-state index contributed by atoms with van der Waals surface area (Å²) >= 11 is 3.13. The van der Waals surface area contributed by atoms with Crippen LogP contribution in [0.3, 0.4) is 0 Å². The Bertz CT molecular complexity index is 517. The molecule has 1 aromatic rings. The maximum atomic E-state index is 11.3. The summed E-state index contributed by atoms with van der Waals surface area (Å²) in [6.07, 6.45) is -0.983. The lowest BCUT2D eigenvalue weighted by Gasteiger charge is -2.13. The van der Waals surface area contributed by atoms with Gasteiger partial charge in [0.25, 0.3) is 0 Å². The number of hydrogen-bond acceptors (Lipinski definition) is 6. The molecular weight excluding hydrogens is 334 g/mol. The third kappa shape index (κ3) is 4.17. The van der Waals surface area contributed by atoms with Gasteiger partial charge in [0.1, 0.15) is 0 Å². The van der Waals surface area contributed by atoms with Crippen molar-refractivity contribution in [1.29, 1.82) is 0 Å². The van der Waals surface area contributed by atoms with E-state index in [2.05, 4.69) is 20.7 Å². The Morgan fingerprint density at radius 3 is 2.70 bits per heavy atom. The highest BCUT2D eigenvalue weighted by Gasteiger charge is 2.24. The van der Waals surface area contributed by atoms with E-state index in [4.69, 9.17) is 4.74 Å². The molecule has 0 aliphatic carbocycles. The number of halogens is 1. The number of ether oxygens (including phenoxy) is 2. The second kappa shape index (κ2) is 7.20. The second-order valence-electron chi connectivity index (χ2n) is 3.87. The van der Waals surface area contributed by atoms with Crippen molar-refractivity contribution in [2.24, 2.45) is 0 Å². The Morgan fingerprint density at radius 2 is 2.20 bits per heavy atom. The highest BCUT2D eigenvalue weighted by Crippen LogP contribution is 2.37. The van der Waals surface area contributed by atoms with E-state index in [0.29, 0.717) is 4.47 Å². The number of esters is 1. The predicted molar refractivity (Wildman–Crippen MR) is 73.6 cm³/mol.